The van der Waals surface area contributed by atoms with Crippen molar-refractivity contribution in [3.05, 3.63) is 58.8 Å². The minimum absolute atomic E-state index is 0.684. The highest BCUT2D eigenvalue weighted by Crippen LogP contribution is 2.15. The summed E-state index contributed by atoms with van der Waals surface area (Å²) >= 11 is 5.34. The zero-order valence-electron chi connectivity index (χ0n) is 11.5. The molecule has 1 aliphatic rings. The lowest BCUT2D eigenvalue weighted by atomic mass is 10.0. The molecule has 1 aromatic rings. The van der Waals surface area contributed by atoms with Gasteiger partial charge in [0.25, 0.3) is 0 Å². The van der Waals surface area contributed by atoms with Crippen molar-refractivity contribution >= 4 is 17.3 Å². The second kappa shape index (κ2) is 6.53. The average molecular weight is 272 g/mol. The first-order chi connectivity index (χ1) is 9.16. The van der Waals surface area contributed by atoms with E-state index in [9.17, 15) is 0 Å². The third-order valence-corrected chi connectivity index (χ3v) is 3.63. The zero-order valence-corrected chi connectivity index (χ0v) is 12.3. The SMILES string of the molecule is CC1=C(NC(=S)NCc2ccccc2C)C=CCC1. The van der Waals surface area contributed by atoms with Gasteiger partial charge in [0.15, 0.2) is 5.11 Å². The van der Waals surface area contributed by atoms with Crippen LogP contribution < -0.4 is 10.6 Å². The molecule has 0 saturated heterocycles. The highest BCUT2D eigenvalue weighted by atomic mass is 32.1. The maximum atomic E-state index is 5.34. The van der Waals surface area contributed by atoms with Gasteiger partial charge in [0.2, 0.25) is 0 Å². The summed E-state index contributed by atoms with van der Waals surface area (Å²) in [5.74, 6) is 0. The Labute approximate surface area is 120 Å². The molecule has 0 atom stereocenters. The van der Waals surface area contributed by atoms with Crippen LogP contribution in [0.1, 0.15) is 30.9 Å². The number of benzene rings is 1. The number of rotatable bonds is 3. The lowest BCUT2D eigenvalue weighted by molar-refractivity contribution is 0.863. The van der Waals surface area contributed by atoms with E-state index in [1.165, 1.54) is 16.7 Å². The van der Waals surface area contributed by atoms with E-state index >= 15 is 0 Å². The van der Waals surface area contributed by atoms with E-state index in [0.717, 1.165) is 25.1 Å². The molecule has 19 heavy (non-hydrogen) atoms. The van der Waals surface area contributed by atoms with Crippen molar-refractivity contribution in [3.63, 3.8) is 0 Å². The molecular formula is C16H20N2S. The van der Waals surface area contributed by atoms with Crippen molar-refractivity contribution in [1.29, 1.82) is 0 Å². The van der Waals surface area contributed by atoms with Crippen LogP contribution in [0.25, 0.3) is 0 Å². The number of hydrogen-bond donors (Lipinski definition) is 2. The second-order valence-electron chi connectivity index (χ2n) is 4.87. The molecule has 1 aliphatic carbocycles. The molecule has 0 aromatic heterocycles. The Morgan fingerprint density at radius 1 is 1.26 bits per heavy atom. The summed E-state index contributed by atoms with van der Waals surface area (Å²) in [4.78, 5) is 0. The van der Waals surface area contributed by atoms with Crippen molar-refractivity contribution in [2.24, 2.45) is 0 Å². The van der Waals surface area contributed by atoms with Gasteiger partial charge in [-0.3, -0.25) is 0 Å². The Balaban J connectivity index is 1.89. The fourth-order valence-electron chi connectivity index (χ4n) is 2.08. The Morgan fingerprint density at radius 2 is 2.05 bits per heavy atom. The third kappa shape index (κ3) is 3.93. The van der Waals surface area contributed by atoms with E-state index in [4.69, 9.17) is 12.2 Å². The van der Waals surface area contributed by atoms with Crippen LogP contribution in [-0.2, 0) is 6.54 Å². The lowest BCUT2D eigenvalue weighted by Gasteiger charge is -2.16. The molecule has 0 unspecified atom stereocenters. The molecule has 0 amide bonds. The van der Waals surface area contributed by atoms with Gasteiger partial charge in [0.1, 0.15) is 0 Å². The van der Waals surface area contributed by atoms with Gasteiger partial charge in [0.05, 0.1) is 0 Å². The standard InChI is InChI=1S/C16H20N2S/c1-12-7-3-5-9-14(12)11-17-16(19)18-15-10-6-4-8-13(15)2/h3,5-7,9-10H,4,8,11H2,1-2H3,(H2,17,18,19). The number of hydrogen-bond acceptors (Lipinski definition) is 1. The quantitative estimate of drug-likeness (QED) is 0.822. The van der Waals surface area contributed by atoms with E-state index in [0.29, 0.717) is 5.11 Å². The van der Waals surface area contributed by atoms with Crippen LogP contribution in [0.2, 0.25) is 0 Å². The fourth-order valence-corrected chi connectivity index (χ4v) is 2.26. The molecule has 2 N–H and O–H groups in total. The van der Waals surface area contributed by atoms with E-state index in [-0.39, 0.29) is 0 Å². The summed E-state index contributed by atoms with van der Waals surface area (Å²) in [6.07, 6.45) is 6.53. The van der Waals surface area contributed by atoms with Crippen LogP contribution in [-0.4, -0.2) is 5.11 Å². The van der Waals surface area contributed by atoms with E-state index in [2.05, 4.69) is 60.9 Å². The largest absolute Gasteiger partial charge is 0.358 e. The van der Waals surface area contributed by atoms with Gasteiger partial charge in [-0.1, -0.05) is 30.3 Å². The Bertz CT molecular complexity index is 529. The first-order valence-electron chi connectivity index (χ1n) is 6.62. The van der Waals surface area contributed by atoms with Gasteiger partial charge in [0, 0.05) is 12.2 Å². The predicted octanol–water partition coefficient (Wildman–Crippen LogP) is 3.58. The molecule has 0 spiro atoms. The molecule has 2 rings (SSSR count). The normalized spacial score (nSPS) is 14.4. The average Bonchev–Trinajstić information content (AvgIpc) is 2.40. The Morgan fingerprint density at radius 3 is 2.79 bits per heavy atom. The first-order valence-corrected chi connectivity index (χ1v) is 7.03. The Kier molecular flexibility index (Phi) is 4.74. The van der Waals surface area contributed by atoms with Crippen LogP contribution in [0.5, 0.6) is 0 Å². The van der Waals surface area contributed by atoms with Gasteiger partial charge in [-0.15, -0.1) is 0 Å². The highest BCUT2D eigenvalue weighted by Gasteiger charge is 2.06. The summed E-state index contributed by atoms with van der Waals surface area (Å²) < 4.78 is 0. The maximum absolute atomic E-state index is 5.34. The van der Waals surface area contributed by atoms with Gasteiger partial charge >= 0.3 is 0 Å². The molecule has 0 saturated carbocycles. The van der Waals surface area contributed by atoms with Crippen LogP contribution in [0, 0.1) is 6.92 Å². The highest BCUT2D eigenvalue weighted by molar-refractivity contribution is 7.80. The van der Waals surface area contributed by atoms with Gasteiger partial charge in [-0.05, 0) is 61.7 Å². The van der Waals surface area contributed by atoms with E-state index in [1.807, 2.05) is 0 Å². The molecule has 1 aromatic carbocycles. The Hall–Kier alpha value is -1.61. The molecule has 2 nitrogen and oxygen atoms in total. The third-order valence-electron chi connectivity index (χ3n) is 3.38. The molecule has 0 aliphatic heterocycles. The first kappa shape index (κ1) is 13.8. The summed E-state index contributed by atoms with van der Waals surface area (Å²) in [7, 11) is 0. The fraction of sp³-hybridized carbons (Fsp3) is 0.312. The van der Waals surface area contributed by atoms with E-state index < -0.39 is 0 Å². The van der Waals surface area contributed by atoms with Crippen molar-refractivity contribution in [1.82, 2.24) is 10.6 Å². The predicted molar refractivity (Wildman–Crippen MR) is 84.8 cm³/mol. The van der Waals surface area contributed by atoms with Gasteiger partial charge in [-0.2, -0.15) is 0 Å². The number of allylic oxidation sites excluding steroid dienone is 3. The molecule has 3 heteroatoms. The number of aryl methyl sites for hydroxylation is 1. The molecule has 0 radical (unpaired) electrons. The summed E-state index contributed by atoms with van der Waals surface area (Å²) in [6.45, 7) is 5.02. The maximum Gasteiger partial charge on any atom is 0.171 e. The van der Waals surface area contributed by atoms with Crippen molar-refractivity contribution in [2.75, 3.05) is 0 Å². The van der Waals surface area contributed by atoms with Crippen molar-refractivity contribution in [2.45, 2.75) is 33.2 Å². The van der Waals surface area contributed by atoms with Crippen LogP contribution in [0.3, 0.4) is 0 Å². The van der Waals surface area contributed by atoms with E-state index in [1.54, 1.807) is 0 Å². The lowest BCUT2D eigenvalue weighted by Crippen LogP contribution is -2.34. The molecule has 0 bridgehead atoms. The van der Waals surface area contributed by atoms with Crippen molar-refractivity contribution < 1.29 is 0 Å². The zero-order chi connectivity index (χ0) is 13.7. The van der Waals surface area contributed by atoms with Crippen molar-refractivity contribution in [3.8, 4) is 0 Å². The topological polar surface area (TPSA) is 24.1 Å². The summed E-state index contributed by atoms with van der Waals surface area (Å²) in [5, 5.41) is 7.22. The monoisotopic (exact) mass is 272 g/mol. The second-order valence-corrected chi connectivity index (χ2v) is 5.28. The van der Waals surface area contributed by atoms with Gasteiger partial charge in [-0.25, -0.2) is 0 Å². The minimum Gasteiger partial charge on any atom is -0.358 e. The summed E-state index contributed by atoms with van der Waals surface area (Å²) in [5.41, 5.74) is 5.05. The van der Waals surface area contributed by atoms with Crippen LogP contribution in [0.15, 0.2) is 47.7 Å². The minimum atomic E-state index is 0.684. The summed E-state index contributed by atoms with van der Waals surface area (Å²) in [6, 6.07) is 8.34. The number of thiocarbonyl (C=S) groups is 1. The van der Waals surface area contributed by atoms with Crippen LogP contribution >= 0.6 is 12.2 Å². The number of nitrogens with one attached hydrogen (secondary N) is 2. The molecule has 0 heterocycles. The smallest absolute Gasteiger partial charge is 0.171 e. The molecule has 0 fully saturated rings. The van der Waals surface area contributed by atoms with Gasteiger partial charge < -0.3 is 10.6 Å². The molecular weight excluding hydrogens is 252 g/mol. The molecule has 100 valence electrons. The van der Waals surface area contributed by atoms with Crippen LogP contribution in [0.4, 0.5) is 0 Å².